The topological polar surface area (TPSA) is 103 Å². The van der Waals surface area contributed by atoms with Gasteiger partial charge in [0.15, 0.2) is 6.21 Å². The van der Waals surface area contributed by atoms with Gasteiger partial charge in [0.25, 0.3) is 0 Å². The van der Waals surface area contributed by atoms with Crippen LogP contribution < -0.4 is 20.8 Å². The summed E-state index contributed by atoms with van der Waals surface area (Å²) in [5.41, 5.74) is 12.3. The summed E-state index contributed by atoms with van der Waals surface area (Å²) in [6.07, 6.45) is 7.25. The number of likely N-dealkylation sites (N-methyl/N-ethyl adjacent to an activating group) is 1. The summed E-state index contributed by atoms with van der Waals surface area (Å²) in [5, 5.41) is 4.33. The molecule has 0 radical (unpaired) electrons. The second kappa shape index (κ2) is 9.36. The molecule has 0 bridgehead atoms. The Balaban J connectivity index is 1.61. The molecule has 9 heteroatoms. The molecule has 0 unspecified atom stereocenters. The molecule has 2 aromatic carbocycles. The van der Waals surface area contributed by atoms with E-state index in [1.54, 1.807) is 23.9 Å². The Kier molecular flexibility index (Phi) is 6.12. The Bertz CT molecular complexity index is 1390. The number of nitrogens with zero attached hydrogens (tertiary/aromatic N) is 4. The smallest absolute Gasteiger partial charge is 0.170 e. The highest BCUT2D eigenvalue weighted by Gasteiger charge is 2.35. The predicted octanol–water partition coefficient (Wildman–Crippen LogP) is 2.54. The third kappa shape index (κ3) is 4.20. The molecular weight excluding hydrogens is 446 g/mol. The van der Waals surface area contributed by atoms with Crippen LogP contribution in [-0.4, -0.2) is 59.4 Å². The quantitative estimate of drug-likeness (QED) is 0.354. The number of nitrogens with one attached hydrogen (secondary N) is 2. The molecular formula is C25H28N7OS+. The first-order chi connectivity index (χ1) is 16.6. The molecule has 4 aromatic rings. The van der Waals surface area contributed by atoms with Crippen LogP contribution in [0.5, 0.6) is 5.75 Å². The Morgan fingerprint density at radius 1 is 1.18 bits per heavy atom. The van der Waals surface area contributed by atoms with Gasteiger partial charge in [0.2, 0.25) is 0 Å². The highest BCUT2D eigenvalue weighted by Crippen LogP contribution is 2.38. The number of ether oxygens (including phenoxy) is 1. The number of hydrogen-bond donors (Lipinski definition) is 3. The lowest BCUT2D eigenvalue weighted by molar-refractivity contribution is -0.412. The van der Waals surface area contributed by atoms with Gasteiger partial charge in [-0.1, -0.05) is 0 Å². The molecule has 2 aromatic heterocycles. The van der Waals surface area contributed by atoms with Crippen molar-refractivity contribution < 1.29 is 9.73 Å². The van der Waals surface area contributed by atoms with Gasteiger partial charge >= 0.3 is 0 Å². The molecule has 2 atom stereocenters. The molecule has 1 fully saturated rings. The molecule has 1 aliphatic carbocycles. The first-order valence-corrected chi connectivity index (χ1v) is 12.1. The van der Waals surface area contributed by atoms with Crippen LogP contribution in [0.2, 0.25) is 0 Å². The molecule has 1 aliphatic rings. The fourth-order valence-corrected chi connectivity index (χ4v) is 5.02. The Hall–Kier alpha value is -3.56. The van der Waals surface area contributed by atoms with Crippen LogP contribution in [-0.2, 0) is 0 Å². The largest absolute Gasteiger partial charge is 0.488 e. The molecule has 0 saturated heterocycles. The Morgan fingerprint density at radius 3 is 2.79 bits per heavy atom. The van der Waals surface area contributed by atoms with Crippen LogP contribution >= 0.6 is 11.3 Å². The lowest BCUT2D eigenvalue weighted by Gasteiger charge is -2.41. The first-order valence-electron chi connectivity index (χ1n) is 11.2. The van der Waals surface area contributed by atoms with Crippen molar-refractivity contribution in [2.45, 2.75) is 25.0 Å². The van der Waals surface area contributed by atoms with Crippen LogP contribution in [0.15, 0.2) is 48.4 Å². The average molecular weight is 475 g/mol. The van der Waals surface area contributed by atoms with Crippen molar-refractivity contribution in [2.24, 2.45) is 5.73 Å². The predicted molar refractivity (Wildman–Crippen MR) is 139 cm³/mol. The van der Waals surface area contributed by atoms with Gasteiger partial charge in [-0.25, -0.2) is 15.0 Å². The van der Waals surface area contributed by atoms with Gasteiger partial charge < -0.3 is 20.7 Å². The van der Waals surface area contributed by atoms with E-state index in [9.17, 15) is 0 Å². The fraction of sp³-hybridized carbons (Fsp3) is 0.280. The van der Waals surface area contributed by atoms with Crippen molar-refractivity contribution in [2.75, 3.05) is 26.5 Å². The van der Waals surface area contributed by atoms with Crippen LogP contribution in [0, 0.1) is 0 Å². The summed E-state index contributed by atoms with van der Waals surface area (Å²) in [6, 6.07) is 10.5. The maximum Gasteiger partial charge on any atom is 0.170 e. The summed E-state index contributed by atoms with van der Waals surface area (Å²) in [7, 11) is 6.04. The zero-order valence-corrected chi connectivity index (χ0v) is 20.3. The van der Waals surface area contributed by atoms with E-state index in [-0.39, 0.29) is 6.10 Å². The van der Waals surface area contributed by atoms with E-state index in [4.69, 9.17) is 10.5 Å². The lowest BCUT2D eigenvalue weighted by Crippen LogP contribution is -2.63. The summed E-state index contributed by atoms with van der Waals surface area (Å²) in [4.78, 5) is 18.8. The van der Waals surface area contributed by atoms with Crippen LogP contribution in [0.1, 0.15) is 18.4 Å². The Morgan fingerprint density at radius 2 is 2.06 bits per heavy atom. The standard InChI is InChI=1S/C25H27N7OS/c1-27-12-16(11-26)15-8-19-24(22(9-15)33-21-7-6-20(21)32(2)3)25(29-13-28-19)31-17-4-5-18-23(10-17)34-14-30-18/h4-5,8-14,20-21H,6-7,26H2,1-3H3,(H,28,29,31)/p+1/b16-11+,27-12?/t20-,21-/m0/s1. The van der Waals surface area contributed by atoms with E-state index in [0.717, 1.165) is 56.5 Å². The van der Waals surface area contributed by atoms with Gasteiger partial charge in [-0.2, -0.15) is 0 Å². The molecule has 0 amide bonds. The highest BCUT2D eigenvalue weighted by molar-refractivity contribution is 7.16. The second-order valence-corrected chi connectivity index (χ2v) is 9.46. The maximum absolute atomic E-state index is 6.62. The second-order valence-electron chi connectivity index (χ2n) is 8.57. The monoisotopic (exact) mass is 474 g/mol. The molecule has 174 valence electrons. The number of hydrogen-bond acceptors (Lipinski definition) is 8. The number of fused-ring (bicyclic) bond motifs is 2. The minimum atomic E-state index is 0.105. The van der Waals surface area contributed by atoms with Gasteiger partial charge in [0, 0.05) is 17.9 Å². The number of aromatic nitrogens is 3. The van der Waals surface area contributed by atoms with E-state index >= 15 is 0 Å². The number of anilines is 2. The average Bonchev–Trinajstić information content (AvgIpc) is 3.27. The number of allylic oxidation sites excluding steroid dienone is 1. The van der Waals surface area contributed by atoms with E-state index in [2.05, 4.69) is 50.3 Å². The van der Waals surface area contributed by atoms with Gasteiger partial charge in [0.1, 0.15) is 31.0 Å². The normalized spacial score (nSPS) is 18.6. The van der Waals surface area contributed by atoms with Gasteiger partial charge in [-0.05, 0) is 62.8 Å². The van der Waals surface area contributed by atoms with Crippen molar-refractivity contribution >= 4 is 55.7 Å². The van der Waals surface area contributed by atoms with Crippen LogP contribution in [0.25, 0.3) is 26.7 Å². The third-order valence-corrected chi connectivity index (χ3v) is 7.02. The lowest BCUT2D eigenvalue weighted by atomic mass is 9.88. The van der Waals surface area contributed by atoms with E-state index in [1.807, 2.05) is 43.0 Å². The molecule has 8 nitrogen and oxygen atoms in total. The van der Waals surface area contributed by atoms with Crippen molar-refractivity contribution in [1.29, 1.82) is 0 Å². The van der Waals surface area contributed by atoms with E-state index in [1.165, 1.54) is 0 Å². The fourth-order valence-electron chi connectivity index (χ4n) is 4.30. The summed E-state index contributed by atoms with van der Waals surface area (Å²) in [6.45, 7) is 0. The van der Waals surface area contributed by atoms with Crippen molar-refractivity contribution in [3.8, 4) is 5.75 Å². The molecule has 2 heterocycles. The van der Waals surface area contributed by atoms with Crippen LogP contribution in [0.4, 0.5) is 11.5 Å². The molecule has 5 rings (SSSR count). The summed E-state index contributed by atoms with van der Waals surface area (Å²) in [5.74, 6) is 1.45. The summed E-state index contributed by atoms with van der Waals surface area (Å²) >= 11 is 1.61. The SMILES string of the molecule is C[NH+]=C/C(=C\N)c1cc(O[C@H]2CC[C@@H]2N(C)C)c2c(Nc3ccc4ncsc4c3)ncnc2c1. The van der Waals surface area contributed by atoms with Gasteiger partial charge in [-0.15, -0.1) is 11.3 Å². The number of rotatable bonds is 7. The molecule has 0 aliphatic heterocycles. The Labute approximate surface area is 202 Å². The number of thiazole rings is 1. The zero-order valence-electron chi connectivity index (χ0n) is 19.4. The zero-order chi connectivity index (χ0) is 23.7. The van der Waals surface area contributed by atoms with Crippen molar-refractivity contribution in [1.82, 2.24) is 19.9 Å². The summed E-state index contributed by atoms with van der Waals surface area (Å²) < 4.78 is 7.73. The maximum atomic E-state index is 6.62. The minimum Gasteiger partial charge on any atom is -0.488 e. The minimum absolute atomic E-state index is 0.105. The first kappa shape index (κ1) is 22.2. The highest BCUT2D eigenvalue weighted by atomic mass is 32.1. The molecule has 1 saturated carbocycles. The number of nitrogens with two attached hydrogens (primary N) is 1. The number of benzene rings is 2. The molecule has 4 N–H and O–H groups in total. The van der Waals surface area contributed by atoms with Crippen molar-refractivity contribution in [3.63, 3.8) is 0 Å². The van der Waals surface area contributed by atoms with Crippen molar-refractivity contribution in [3.05, 3.63) is 53.9 Å². The van der Waals surface area contributed by atoms with E-state index < -0.39 is 0 Å². The van der Waals surface area contributed by atoms with Gasteiger partial charge in [0.05, 0.1) is 32.2 Å². The van der Waals surface area contributed by atoms with Gasteiger partial charge in [-0.3, -0.25) is 4.99 Å². The molecule has 0 spiro atoms. The van der Waals surface area contributed by atoms with Crippen LogP contribution in [0.3, 0.4) is 0 Å². The van der Waals surface area contributed by atoms with E-state index in [0.29, 0.717) is 11.9 Å². The molecule has 34 heavy (non-hydrogen) atoms. The third-order valence-electron chi connectivity index (χ3n) is 6.23.